The fourth-order valence-corrected chi connectivity index (χ4v) is 2.49. The van der Waals surface area contributed by atoms with Gasteiger partial charge in [0.1, 0.15) is 0 Å². The molecular weight excluding hydrogens is 206 g/mol. The van der Waals surface area contributed by atoms with Gasteiger partial charge in [-0.2, -0.15) is 0 Å². The van der Waals surface area contributed by atoms with E-state index in [1.54, 1.807) is 0 Å². The van der Waals surface area contributed by atoms with E-state index >= 15 is 0 Å². The lowest BCUT2D eigenvalue weighted by atomic mass is 9.91. The maximum absolute atomic E-state index is 3.58. The SMILES string of the molecule is CC(C)NCC1CCCC1CC#CC(C)(C)C. The molecule has 0 aliphatic heterocycles. The van der Waals surface area contributed by atoms with Crippen LogP contribution in [0.15, 0.2) is 0 Å². The molecule has 1 N–H and O–H groups in total. The zero-order valence-electron chi connectivity index (χ0n) is 12.3. The molecule has 2 atom stereocenters. The standard InChI is InChI=1S/C16H29N/c1-13(2)17-12-15-9-6-8-14(15)10-7-11-16(3,4)5/h13-15,17H,6,8-10,12H2,1-5H3. The van der Waals surface area contributed by atoms with E-state index in [-0.39, 0.29) is 5.41 Å². The van der Waals surface area contributed by atoms with Gasteiger partial charge in [0.15, 0.2) is 0 Å². The summed E-state index contributed by atoms with van der Waals surface area (Å²) < 4.78 is 0. The van der Waals surface area contributed by atoms with Crippen LogP contribution in [0.25, 0.3) is 0 Å². The molecule has 1 saturated carbocycles. The fourth-order valence-electron chi connectivity index (χ4n) is 2.49. The Balaban J connectivity index is 2.38. The molecule has 2 unspecified atom stereocenters. The first-order chi connectivity index (χ1) is 7.88. The van der Waals surface area contributed by atoms with Crippen LogP contribution in [-0.4, -0.2) is 12.6 Å². The van der Waals surface area contributed by atoms with Crippen LogP contribution in [0, 0.1) is 29.1 Å². The lowest BCUT2D eigenvalue weighted by Crippen LogP contribution is -2.30. The van der Waals surface area contributed by atoms with Crippen LogP contribution < -0.4 is 5.32 Å². The molecule has 0 heterocycles. The second kappa shape index (κ2) is 6.45. The second-order valence-corrected chi connectivity index (χ2v) is 6.77. The molecule has 1 nitrogen and oxygen atoms in total. The van der Waals surface area contributed by atoms with Crippen molar-refractivity contribution in [2.24, 2.45) is 17.3 Å². The predicted molar refractivity (Wildman–Crippen MR) is 75.8 cm³/mol. The van der Waals surface area contributed by atoms with Gasteiger partial charge in [-0.3, -0.25) is 0 Å². The highest BCUT2D eigenvalue weighted by Gasteiger charge is 2.26. The molecule has 0 aromatic rings. The molecule has 0 aromatic carbocycles. The summed E-state index contributed by atoms with van der Waals surface area (Å²) in [6.45, 7) is 12.2. The average Bonchev–Trinajstić information content (AvgIpc) is 2.60. The molecule has 1 aliphatic rings. The lowest BCUT2D eigenvalue weighted by molar-refractivity contribution is 0.361. The minimum absolute atomic E-state index is 0.157. The highest BCUT2D eigenvalue weighted by Crippen LogP contribution is 2.33. The van der Waals surface area contributed by atoms with Gasteiger partial charge >= 0.3 is 0 Å². The van der Waals surface area contributed by atoms with Crippen molar-refractivity contribution < 1.29 is 0 Å². The molecule has 98 valence electrons. The van der Waals surface area contributed by atoms with E-state index < -0.39 is 0 Å². The summed E-state index contributed by atoms with van der Waals surface area (Å²) in [4.78, 5) is 0. The van der Waals surface area contributed by atoms with E-state index in [1.807, 2.05) is 0 Å². The first-order valence-corrected chi connectivity index (χ1v) is 7.12. The third-order valence-corrected chi connectivity index (χ3v) is 3.43. The van der Waals surface area contributed by atoms with Crippen LogP contribution in [0.2, 0.25) is 0 Å². The first kappa shape index (κ1) is 14.6. The largest absolute Gasteiger partial charge is 0.314 e. The summed E-state index contributed by atoms with van der Waals surface area (Å²) in [6.07, 6.45) is 5.26. The van der Waals surface area contributed by atoms with Crippen LogP contribution >= 0.6 is 0 Å². The van der Waals surface area contributed by atoms with E-state index in [0.29, 0.717) is 6.04 Å². The normalized spacial score (nSPS) is 24.8. The maximum Gasteiger partial charge on any atom is 0.0230 e. The van der Waals surface area contributed by atoms with Gasteiger partial charge in [-0.1, -0.05) is 26.2 Å². The summed E-state index contributed by atoms with van der Waals surface area (Å²) in [5.74, 6) is 8.45. The number of rotatable bonds is 4. The quantitative estimate of drug-likeness (QED) is 0.730. The van der Waals surface area contributed by atoms with Crippen LogP contribution in [0.1, 0.15) is 60.3 Å². The number of hydrogen-bond donors (Lipinski definition) is 1. The fraction of sp³-hybridized carbons (Fsp3) is 0.875. The summed E-state index contributed by atoms with van der Waals surface area (Å²) in [5, 5.41) is 3.58. The molecule has 0 spiro atoms. The highest BCUT2D eigenvalue weighted by molar-refractivity contribution is 5.08. The highest BCUT2D eigenvalue weighted by atomic mass is 14.9. The Morgan fingerprint density at radius 2 is 1.82 bits per heavy atom. The smallest absolute Gasteiger partial charge is 0.0230 e. The molecular formula is C16H29N. The Morgan fingerprint density at radius 3 is 2.41 bits per heavy atom. The van der Waals surface area contributed by atoms with E-state index in [4.69, 9.17) is 0 Å². The summed E-state index contributed by atoms with van der Waals surface area (Å²) >= 11 is 0. The van der Waals surface area contributed by atoms with Crippen molar-refractivity contribution in [1.29, 1.82) is 0 Å². The monoisotopic (exact) mass is 235 g/mol. The van der Waals surface area contributed by atoms with Gasteiger partial charge in [0, 0.05) is 17.9 Å². The van der Waals surface area contributed by atoms with Crippen molar-refractivity contribution >= 4 is 0 Å². The van der Waals surface area contributed by atoms with Crippen molar-refractivity contribution in [2.75, 3.05) is 6.54 Å². The zero-order chi connectivity index (χ0) is 12.9. The summed E-state index contributed by atoms with van der Waals surface area (Å²) in [7, 11) is 0. The van der Waals surface area contributed by atoms with Gasteiger partial charge in [-0.05, 0) is 52.0 Å². The van der Waals surface area contributed by atoms with Gasteiger partial charge in [0.25, 0.3) is 0 Å². The van der Waals surface area contributed by atoms with Crippen LogP contribution in [0.4, 0.5) is 0 Å². The average molecular weight is 235 g/mol. The number of nitrogens with one attached hydrogen (secondary N) is 1. The van der Waals surface area contributed by atoms with E-state index in [9.17, 15) is 0 Å². The lowest BCUT2D eigenvalue weighted by Gasteiger charge is -2.19. The van der Waals surface area contributed by atoms with Gasteiger partial charge in [0.2, 0.25) is 0 Å². The molecule has 0 saturated heterocycles. The Kier molecular flexibility index (Phi) is 5.53. The molecule has 17 heavy (non-hydrogen) atoms. The Labute approximate surface area is 108 Å². The van der Waals surface area contributed by atoms with E-state index in [1.165, 1.54) is 25.8 Å². The van der Waals surface area contributed by atoms with Gasteiger partial charge < -0.3 is 5.32 Å². The van der Waals surface area contributed by atoms with Crippen LogP contribution in [-0.2, 0) is 0 Å². The topological polar surface area (TPSA) is 12.0 Å². The minimum Gasteiger partial charge on any atom is -0.314 e. The third-order valence-electron chi connectivity index (χ3n) is 3.43. The second-order valence-electron chi connectivity index (χ2n) is 6.77. The van der Waals surface area contributed by atoms with Gasteiger partial charge in [-0.15, -0.1) is 5.92 Å². The molecule has 0 amide bonds. The summed E-state index contributed by atoms with van der Waals surface area (Å²) in [6, 6.07) is 0.608. The van der Waals surface area contributed by atoms with Gasteiger partial charge in [0.05, 0.1) is 0 Å². The van der Waals surface area contributed by atoms with Crippen molar-refractivity contribution in [3.8, 4) is 11.8 Å². The molecule has 1 rings (SSSR count). The van der Waals surface area contributed by atoms with Crippen LogP contribution in [0.5, 0.6) is 0 Å². The first-order valence-electron chi connectivity index (χ1n) is 7.12. The molecule has 0 bridgehead atoms. The Bertz CT molecular complexity index is 274. The molecule has 0 aromatic heterocycles. The van der Waals surface area contributed by atoms with E-state index in [2.05, 4.69) is 51.8 Å². The molecule has 1 aliphatic carbocycles. The van der Waals surface area contributed by atoms with Gasteiger partial charge in [-0.25, -0.2) is 0 Å². The van der Waals surface area contributed by atoms with Crippen molar-refractivity contribution in [3.63, 3.8) is 0 Å². The summed E-state index contributed by atoms with van der Waals surface area (Å²) in [5.41, 5.74) is 0.157. The number of hydrogen-bond acceptors (Lipinski definition) is 1. The van der Waals surface area contributed by atoms with E-state index in [0.717, 1.165) is 18.3 Å². The van der Waals surface area contributed by atoms with Crippen molar-refractivity contribution in [3.05, 3.63) is 0 Å². The Hall–Kier alpha value is -0.480. The third kappa shape index (κ3) is 6.13. The molecule has 0 radical (unpaired) electrons. The van der Waals surface area contributed by atoms with Crippen LogP contribution in [0.3, 0.4) is 0 Å². The predicted octanol–water partition coefficient (Wildman–Crippen LogP) is 3.84. The maximum atomic E-state index is 3.58. The molecule has 1 fully saturated rings. The Morgan fingerprint density at radius 1 is 1.18 bits per heavy atom. The zero-order valence-corrected chi connectivity index (χ0v) is 12.3. The van der Waals surface area contributed by atoms with Crippen molar-refractivity contribution in [1.82, 2.24) is 5.32 Å². The molecule has 1 heteroatoms. The minimum atomic E-state index is 0.157. The van der Waals surface area contributed by atoms with Crippen molar-refractivity contribution in [2.45, 2.75) is 66.3 Å².